The van der Waals surface area contributed by atoms with Crippen molar-refractivity contribution in [3.8, 4) is 16.8 Å². The van der Waals surface area contributed by atoms with Gasteiger partial charge >= 0.3 is 0 Å². The molecule has 15 aromatic rings. The van der Waals surface area contributed by atoms with Crippen molar-refractivity contribution < 1.29 is 0 Å². The van der Waals surface area contributed by atoms with E-state index in [0.29, 0.717) is 0 Å². The van der Waals surface area contributed by atoms with Gasteiger partial charge in [0.05, 0.1) is 16.7 Å². The fraction of sp³-hybridized carbons (Fsp3) is 0.160. The average Bonchev–Trinajstić information content (AvgIpc) is 0.783. The number of hydrogen-bond acceptors (Lipinski definition) is 2. The maximum absolute atomic E-state index is 3.17. The Kier molecular flexibility index (Phi) is 16.7. The summed E-state index contributed by atoms with van der Waals surface area (Å²) in [6.07, 6.45) is 0. The van der Waals surface area contributed by atoms with Gasteiger partial charge in [0.2, 0.25) is 0 Å². The minimum absolute atomic E-state index is 0.0468. The van der Waals surface area contributed by atoms with Crippen LogP contribution in [0.3, 0.4) is 0 Å². The molecule has 0 aliphatic carbocycles. The quantitative estimate of drug-likeness (QED) is 0.0892. The lowest BCUT2D eigenvalue weighted by Crippen LogP contribution is -2.75. The normalized spacial score (nSPS) is 13.2. The molecule has 2 aliphatic heterocycles. The molecular formula is C100H92BN3Si2. The second-order valence-electron chi connectivity index (χ2n) is 33.7. The molecule has 3 nitrogen and oxygen atoms in total. The fourth-order valence-electron chi connectivity index (χ4n) is 17.6. The molecule has 0 saturated carbocycles. The largest absolute Gasteiger partial charge is 0.311 e. The zero-order valence-corrected chi connectivity index (χ0v) is 65.3. The van der Waals surface area contributed by atoms with Gasteiger partial charge in [0.25, 0.3) is 6.71 Å². The fourth-order valence-corrected chi connectivity index (χ4v) is 27.1. The Balaban J connectivity index is 1.03. The molecule has 0 fully saturated rings. The smallest absolute Gasteiger partial charge is 0.252 e. The summed E-state index contributed by atoms with van der Waals surface area (Å²) in [6.45, 7) is 27.9. The summed E-state index contributed by atoms with van der Waals surface area (Å²) in [5.41, 5.74) is 21.6. The molecule has 518 valence electrons. The minimum atomic E-state index is -3.17. The van der Waals surface area contributed by atoms with Gasteiger partial charge in [-0.25, -0.2) is 0 Å². The van der Waals surface area contributed by atoms with Gasteiger partial charge in [0.1, 0.15) is 0 Å². The van der Waals surface area contributed by atoms with E-state index in [9.17, 15) is 0 Å². The zero-order valence-electron chi connectivity index (χ0n) is 63.3. The van der Waals surface area contributed by atoms with Gasteiger partial charge in [-0.1, -0.05) is 350 Å². The van der Waals surface area contributed by atoms with Crippen molar-refractivity contribution in [1.29, 1.82) is 0 Å². The first kappa shape index (κ1) is 68.1. The Hall–Kier alpha value is -11.0. The minimum Gasteiger partial charge on any atom is -0.311 e. The molecule has 3 heterocycles. The van der Waals surface area contributed by atoms with Gasteiger partial charge in [0, 0.05) is 44.9 Å². The number of rotatable bonds is 12. The van der Waals surface area contributed by atoms with Crippen LogP contribution in [0.5, 0.6) is 0 Å². The molecule has 0 bridgehead atoms. The maximum Gasteiger partial charge on any atom is 0.252 e. The van der Waals surface area contributed by atoms with Crippen LogP contribution in [0.25, 0.3) is 38.6 Å². The third-order valence-electron chi connectivity index (χ3n) is 23.1. The van der Waals surface area contributed by atoms with E-state index < -0.39 is 16.1 Å². The van der Waals surface area contributed by atoms with Gasteiger partial charge in [-0.15, -0.1) is 0 Å². The Labute approximate surface area is 630 Å². The van der Waals surface area contributed by atoms with Crippen LogP contribution in [0.2, 0.25) is 0 Å². The summed E-state index contributed by atoms with van der Waals surface area (Å²) >= 11 is 0. The van der Waals surface area contributed by atoms with Crippen molar-refractivity contribution in [3.05, 3.63) is 362 Å². The van der Waals surface area contributed by atoms with Crippen LogP contribution in [0.15, 0.2) is 340 Å². The van der Waals surface area contributed by atoms with Gasteiger partial charge in [-0.2, -0.15) is 0 Å². The van der Waals surface area contributed by atoms with Gasteiger partial charge in [0.15, 0.2) is 16.1 Å². The van der Waals surface area contributed by atoms with Crippen molar-refractivity contribution in [2.75, 3.05) is 9.80 Å². The first-order valence-corrected chi connectivity index (χ1v) is 41.9. The van der Waals surface area contributed by atoms with Crippen LogP contribution in [-0.2, 0) is 21.7 Å². The molecule has 1 aromatic heterocycles. The molecule has 0 N–H and O–H groups in total. The summed E-state index contributed by atoms with van der Waals surface area (Å²) in [4.78, 5) is 5.35. The van der Waals surface area contributed by atoms with E-state index in [0.717, 1.165) is 28.4 Å². The predicted octanol–water partition coefficient (Wildman–Crippen LogP) is 18.5. The summed E-state index contributed by atoms with van der Waals surface area (Å²) in [6, 6.07) is 132. The molecule has 17 rings (SSSR count). The Morgan fingerprint density at radius 1 is 0.236 bits per heavy atom. The monoisotopic (exact) mass is 1400 g/mol. The Morgan fingerprint density at radius 3 is 1.01 bits per heavy atom. The number of benzene rings is 14. The summed E-state index contributed by atoms with van der Waals surface area (Å²) in [5.74, 6) is 0. The van der Waals surface area contributed by atoms with Crippen molar-refractivity contribution >= 4 is 137 Å². The van der Waals surface area contributed by atoms with E-state index in [1.165, 1.54) is 124 Å². The Morgan fingerprint density at radius 2 is 0.594 bits per heavy atom. The van der Waals surface area contributed by atoms with Crippen LogP contribution in [0, 0.1) is 0 Å². The molecule has 106 heavy (non-hydrogen) atoms. The lowest BCUT2D eigenvalue weighted by Gasteiger charge is -2.45. The summed E-state index contributed by atoms with van der Waals surface area (Å²) in [7, 11) is -6.29. The molecule has 0 radical (unpaired) electrons. The molecule has 14 aromatic carbocycles. The molecule has 0 spiro atoms. The third-order valence-corrected chi connectivity index (χ3v) is 32.6. The number of aromatic nitrogens is 1. The second-order valence-corrected chi connectivity index (χ2v) is 41.3. The molecule has 0 saturated heterocycles. The standard InChI is InChI=1S/C100H92BN3Si2/c1-97(2,3)71-50-46-69(47-51-71)70-48-55-75(56-49-70)102-92-61-54-74(100(10,11)12)64-89(92)101-88-58-57-85(106(81-39-25-16-26-40-81,82-41-27-17-28-42-82)83-43-29-18-30-44-83)68-93(88)103(76-32-31-45-84(65-76)105(78-33-19-13-20-34-78,79-35-21-14-22-36-79)80-37-23-15-24-38-80)95-67-77(66-94(102)96(95)101)104-90-59-52-72(98(4,5)6)62-86(90)87-63-73(99(7,8)9)53-60-91(87)104/h13-68H,1-12H3. The van der Waals surface area contributed by atoms with Crippen molar-refractivity contribution in [2.24, 2.45) is 0 Å². The molecule has 0 unspecified atom stereocenters. The third kappa shape index (κ3) is 11.4. The molecule has 0 amide bonds. The molecule has 6 heteroatoms. The molecule has 2 aliphatic rings. The number of nitrogens with zero attached hydrogens (tertiary/aromatic N) is 3. The van der Waals surface area contributed by atoms with Gasteiger partial charge in [-0.3, -0.25) is 0 Å². The topological polar surface area (TPSA) is 11.4 Å². The lowest BCUT2D eigenvalue weighted by atomic mass is 9.33. The van der Waals surface area contributed by atoms with Crippen LogP contribution in [-0.4, -0.2) is 27.4 Å². The molecule has 0 atom stereocenters. The van der Waals surface area contributed by atoms with E-state index in [1.807, 2.05) is 0 Å². The number of fused-ring (bicyclic) bond motifs is 7. The van der Waals surface area contributed by atoms with Gasteiger partial charge < -0.3 is 14.4 Å². The van der Waals surface area contributed by atoms with Crippen LogP contribution < -0.4 is 67.7 Å². The van der Waals surface area contributed by atoms with Crippen LogP contribution in [0.4, 0.5) is 34.1 Å². The van der Waals surface area contributed by atoms with Crippen molar-refractivity contribution in [1.82, 2.24) is 4.57 Å². The first-order chi connectivity index (χ1) is 51.1. The highest BCUT2D eigenvalue weighted by Gasteiger charge is 2.49. The van der Waals surface area contributed by atoms with Crippen LogP contribution in [0.1, 0.15) is 105 Å². The second kappa shape index (κ2) is 25.9. The highest BCUT2D eigenvalue weighted by Crippen LogP contribution is 2.48. The average molecular weight is 1400 g/mol. The van der Waals surface area contributed by atoms with Crippen molar-refractivity contribution in [2.45, 2.75) is 105 Å². The lowest BCUT2D eigenvalue weighted by molar-refractivity contribution is 0.590. The predicted molar refractivity (Wildman–Crippen MR) is 462 cm³/mol. The zero-order chi connectivity index (χ0) is 73.1. The van der Waals surface area contributed by atoms with Crippen molar-refractivity contribution in [3.63, 3.8) is 0 Å². The highest BCUT2D eigenvalue weighted by atomic mass is 28.3. The summed E-state index contributed by atoms with van der Waals surface area (Å²) in [5, 5.41) is 13.1. The molecular weight excluding hydrogens is 1310 g/mol. The van der Waals surface area contributed by atoms with E-state index in [1.54, 1.807) is 0 Å². The maximum atomic E-state index is 2.73. The number of hydrogen-bond donors (Lipinski definition) is 0. The van der Waals surface area contributed by atoms with Crippen LogP contribution >= 0.6 is 0 Å². The van der Waals surface area contributed by atoms with Gasteiger partial charge in [-0.05, 0) is 186 Å². The van der Waals surface area contributed by atoms with E-state index in [2.05, 4.69) is 437 Å². The SMILES string of the molecule is CC(C)(C)c1ccc(-c2ccc(N3c4ccc(C(C)(C)C)cc4B4c5ccc([Si](c6ccccc6)(c6ccccc6)c6ccccc6)cc5N(c5cccc([Si](c6ccccc6)(c6ccccc6)c6ccccc6)c5)c5cc(-n6c7ccc(C(C)(C)C)cc7c7cc(C(C)(C)C)ccc76)cc3c54)cc2)cc1. The van der Waals surface area contributed by atoms with E-state index >= 15 is 0 Å². The van der Waals surface area contributed by atoms with E-state index in [4.69, 9.17) is 0 Å². The Bertz CT molecular complexity index is 5520. The highest BCUT2D eigenvalue weighted by molar-refractivity contribution is 7.20. The first-order valence-electron chi connectivity index (χ1n) is 37.9. The van der Waals surface area contributed by atoms with E-state index in [-0.39, 0.29) is 28.4 Å². The number of anilines is 6. The summed E-state index contributed by atoms with van der Waals surface area (Å²) < 4.78 is 2.60.